The summed E-state index contributed by atoms with van der Waals surface area (Å²) in [6.07, 6.45) is 7.22. The van der Waals surface area contributed by atoms with Gasteiger partial charge in [-0.3, -0.25) is 15.6 Å². The van der Waals surface area contributed by atoms with E-state index in [4.69, 9.17) is 22.6 Å². The Labute approximate surface area is 156 Å². The van der Waals surface area contributed by atoms with Crippen molar-refractivity contribution >= 4 is 67.3 Å². The van der Waals surface area contributed by atoms with E-state index in [1.165, 1.54) is 0 Å². The molecule has 0 unspecified atom stereocenters. The third-order valence-corrected chi connectivity index (χ3v) is 2.42. The van der Waals surface area contributed by atoms with Crippen molar-refractivity contribution in [2.75, 3.05) is 0 Å². The molecular formula is C11H28Cl4N6O. The number of hydrazone groups is 1. The van der Waals surface area contributed by atoms with Gasteiger partial charge in [0, 0.05) is 12.8 Å². The van der Waals surface area contributed by atoms with Crippen molar-refractivity contribution in [1.29, 1.82) is 5.41 Å². The highest BCUT2D eigenvalue weighted by atomic mass is 35.5. The van der Waals surface area contributed by atoms with E-state index in [0.29, 0.717) is 18.7 Å². The average Bonchev–Trinajstić information content (AvgIpc) is 2.29. The number of unbranched alkanes of at least 4 members (excludes halogenated alkanes) is 5. The van der Waals surface area contributed by atoms with Gasteiger partial charge in [-0.05, 0) is 12.8 Å². The summed E-state index contributed by atoms with van der Waals surface area (Å²) in [5.41, 5.74) is 17.8. The van der Waals surface area contributed by atoms with E-state index in [2.05, 4.69) is 10.5 Å². The van der Waals surface area contributed by atoms with E-state index < -0.39 is 0 Å². The van der Waals surface area contributed by atoms with Crippen molar-refractivity contribution in [1.82, 2.24) is 5.43 Å². The van der Waals surface area contributed by atoms with Crippen LogP contribution in [-0.2, 0) is 4.79 Å². The molecule has 0 spiro atoms. The van der Waals surface area contributed by atoms with Gasteiger partial charge in [0.05, 0.1) is 0 Å². The molecule has 11 heteroatoms. The fourth-order valence-corrected chi connectivity index (χ4v) is 1.50. The van der Waals surface area contributed by atoms with Gasteiger partial charge in [0.15, 0.2) is 0 Å². The van der Waals surface area contributed by atoms with Crippen LogP contribution in [0.5, 0.6) is 0 Å². The summed E-state index contributed by atoms with van der Waals surface area (Å²) in [6, 6.07) is 0. The zero-order valence-corrected chi connectivity index (χ0v) is 15.6. The molecule has 7 nitrogen and oxygen atoms in total. The third-order valence-electron chi connectivity index (χ3n) is 2.42. The molecule has 136 valence electrons. The maximum atomic E-state index is 10.5. The molecule has 0 radical (unpaired) electrons. The molecule has 22 heavy (non-hydrogen) atoms. The van der Waals surface area contributed by atoms with E-state index in [1.807, 2.05) is 0 Å². The summed E-state index contributed by atoms with van der Waals surface area (Å²) < 4.78 is 0. The van der Waals surface area contributed by atoms with Crippen molar-refractivity contribution in [3.63, 3.8) is 0 Å². The first-order valence-electron chi connectivity index (χ1n) is 6.22. The van der Waals surface area contributed by atoms with E-state index >= 15 is 0 Å². The molecule has 0 heterocycles. The summed E-state index contributed by atoms with van der Waals surface area (Å²) in [5, 5.41) is 11.0. The van der Waals surface area contributed by atoms with Gasteiger partial charge < -0.3 is 17.2 Å². The molecule has 0 atom stereocenters. The lowest BCUT2D eigenvalue weighted by Gasteiger charge is -2.03. The van der Waals surface area contributed by atoms with Gasteiger partial charge in [-0.2, -0.15) is 0 Å². The Hall–Kier alpha value is -0.630. The normalized spacial score (nSPS) is 8.00. The number of rotatable bonds is 10. The highest BCUT2D eigenvalue weighted by Crippen LogP contribution is 2.08. The molecule has 0 aromatic rings. The van der Waals surface area contributed by atoms with Crippen molar-refractivity contribution in [3.05, 3.63) is 0 Å². The predicted octanol–water partition coefficient (Wildman–Crippen LogP) is 2.03. The summed E-state index contributed by atoms with van der Waals surface area (Å²) in [6.45, 7) is 0. The second-order valence-corrected chi connectivity index (χ2v) is 4.21. The number of halogens is 4. The van der Waals surface area contributed by atoms with Crippen LogP contribution >= 0.6 is 49.6 Å². The number of nitrogens with one attached hydrogen (secondary N) is 2. The largest absolute Gasteiger partial charge is 0.370 e. The molecule has 0 fully saturated rings. The lowest BCUT2D eigenvalue weighted by atomic mass is 10.1. The molecule has 0 saturated heterocycles. The number of amidine groups is 1. The number of hydrogen-bond donors (Lipinski definition) is 5. The topological polar surface area (TPSA) is 143 Å². The minimum Gasteiger partial charge on any atom is -0.370 e. The summed E-state index contributed by atoms with van der Waals surface area (Å²) >= 11 is 0. The lowest BCUT2D eigenvalue weighted by Crippen LogP contribution is -2.28. The standard InChI is InChI=1S/C11H24N6O.4ClH/c12-9(16-17-11(14)15)7-5-3-1-2-4-6-8-10(13)18;;;;/h1-8H2,(H2,12,16)(H2,13,18)(H4,14,15,17);4*1H. The van der Waals surface area contributed by atoms with Gasteiger partial charge in [-0.1, -0.05) is 25.7 Å². The quantitative estimate of drug-likeness (QED) is 0.165. The minimum atomic E-state index is -0.228. The van der Waals surface area contributed by atoms with Crippen LogP contribution in [0.15, 0.2) is 5.10 Å². The Balaban J connectivity index is -0.000000241. The molecule has 0 bridgehead atoms. The number of guanidine groups is 1. The molecule has 0 rings (SSSR count). The van der Waals surface area contributed by atoms with E-state index in [0.717, 1.165) is 38.5 Å². The number of carbonyl (C=O) groups excluding carboxylic acids is 1. The first kappa shape index (κ1) is 33.1. The van der Waals surface area contributed by atoms with Crippen LogP contribution in [0.4, 0.5) is 0 Å². The summed E-state index contributed by atoms with van der Waals surface area (Å²) in [4.78, 5) is 10.5. The molecular weight excluding hydrogens is 374 g/mol. The van der Waals surface area contributed by atoms with Crippen LogP contribution in [0.1, 0.15) is 51.4 Å². The van der Waals surface area contributed by atoms with Gasteiger partial charge >= 0.3 is 0 Å². The lowest BCUT2D eigenvalue weighted by molar-refractivity contribution is -0.118. The first-order chi connectivity index (χ1) is 8.52. The Bertz CT molecular complexity index is 300. The second kappa shape index (κ2) is 22.6. The van der Waals surface area contributed by atoms with Crippen molar-refractivity contribution in [2.24, 2.45) is 22.3 Å². The van der Waals surface area contributed by atoms with Gasteiger partial charge in [0.1, 0.15) is 5.84 Å². The smallest absolute Gasteiger partial charge is 0.217 e. The second-order valence-electron chi connectivity index (χ2n) is 4.21. The SMILES string of the molecule is Cl.Cl.Cl.Cl.N=C(CCCCCCCCC(N)=O)NN=C(N)N. The van der Waals surface area contributed by atoms with Crippen molar-refractivity contribution < 1.29 is 4.79 Å². The zero-order chi connectivity index (χ0) is 13.8. The fraction of sp³-hybridized carbons (Fsp3) is 0.727. The first-order valence-corrected chi connectivity index (χ1v) is 6.22. The highest BCUT2D eigenvalue weighted by Gasteiger charge is 1.97. The predicted molar refractivity (Wildman–Crippen MR) is 102 cm³/mol. The Morgan fingerprint density at radius 1 is 0.818 bits per heavy atom. The zero-order valence-electron chi connectivity index (χ0n) is 12.4. The van der Waals surface area contributed by atoms with Crippen LogP contribution in [0.3, 0.4) is 0 Å². The molecule has 0 aliphatic carbocycles. The molecule has 0 saturated carbocycles. The number of nitrogens with zero attached hydrogens (tertiary/aromatic N) is 1. The Morgan fingerprint density at radius 2 is 1.23 bits per heavy atom. The van der Waals surface area contributed by atoms with Gasteiger partial charge in [0.25, 0.3) is 0 Å². The van der Waals surface area contributed by atoms with E-state index in [9.17, 15) is 4.79 Å². The van der Waals surface area contributed by atoms with Crippen LogP contribution < -0.4 is 22.6 Å². The van der Waals surface area contributed by atoms with E-state index in [1.54, 1.807) is 0 Å². The number of primary amides is 1. The monoisotopic (exact) mass is 400 g/mol. The van der Waals surface area contributed by atoms with Crippen molar-refractivity contribution in [2.45, 2.75) is 51.4 Å². The number of nitrogens with two attached hydrogens (primary N) is 3. The van der Waals surface area contributed by atoms with Crippen LogP contribution in [0.25, 0.3) is 0 Å². The molecule has 0 aliphatic heterocycles. The summed E-state index contributed by atoms with van der Waals surface area (Å²) in [7, 11) is 0. The van der Waals surface area contributed by atoms with E-state index in [-0.39, 0.29) is 61.5 Å². The maximum absolute atomic E-state index is 10.5. The van der Waals surface area contributed by atoms with Gasteiger partial charge in [0.2, 0.25) is 11.9 Å². The number of hydrogen-bond acceptors (Lipinski definition) is 3. The van der Waals surface area contributed by atoms with Crippen LogP contribution in [0.2, 0.25) is 0 Å². The van der Waals surface area contributed by atoms with Crippen LogP contribution in [0, 0.1) is 5.41 Å². The minimum absolute atomic E-state index is 0. The average molecular weight is 402 g/mol. The van der Waals surface area contributed by atoms with Crippen molar-refractivity contribution in [3.8, 4) is 0 Å². The molecule has 1 amide bonds. The Kier molecular flexibility index (Phi) is 34.1. The highest BCUT2D eigenvalue weighted by molar-refractivity contribution is 5.86. The fourth-order valence-electron chi connectivity index (χ4n) is 1.50. The van der Waals surface area contributed by atoms with Crippen LogP contribution in [-0.4, -0.2) is 17.7 Å². The third kappa shape index (κ3) is 27.7. The number of carbonyl (C=O) groups is 1. The van der Waals surface area contributed by atoms with Gasteiger partial charge in [-0.15, -0.1) is 54.7 Å². The molecule has 0 aromatic heterocycles. The molecule has 8 N–H and O–H groups in total. The number of amides is 1. The van der Waals surface area contributed by atoms with Gasteiger partial charge in [-0.25, -0.2) is 0 Å². The molecule has 0 aromatic carbocycles. The summed E-state index contributed by atoms with van der Waals surface area (Å²) in [5.74, 6) is 0.0144. The molecule has 0 aliphatic rings. The maximum Gasteiger partial charge on any atom is 0.217 e. The Morgan fingerprint density at radius 3 is 1.64 bits per heavy atom.